The van der Waals surface area contributed by atoms with E-state index in [1.165, 1.54) is 19.5 Å². The molecule has 6 nitrogen and oxygen atoms in total. The molecule has 0 N–H and O–H groups in total. The van der Waals surface area contributed by atoms with Gasteiger partial charge in [0.2, 0.25) is 5.95 Å². The first-order chi connectivity index (χ1) is 8.74. The van der Waals surface area contributed by atoms with Crippen LogP contribution >= 0.6 is 0 Å². The molecule has 0 aromatic carbocycles. The summed E-state index contributed by atoms with van der Waals surface area (Å²) in [6.45, 7) is 1.53. The molecule has 1 aliphatic heterocycles. The number of carbonyl (C=O) groups excluding carboxylic acids is 2. The van der Waals surface area contributed by atoms with Gasteiger partial charge in [-0.05, 0) is 12.8 Å². The predicted molar refractivity (Wildman–Crippen MR) is 64.4 cm³/mol. The Bertz CT molecular complexity index is 425. The number of aromatic nitrogens is 2. The highest BCUT2D eigenvalue weighted by Crippen LogP contribution is 2.18. The fourth-order valence-corrected chi connectivity index (χ4v) is 1.94. The Kier molecular flexibility index (Phi) is 3.86. The average molecular weight is 249 g/mol. The van der Waals surface area contributed by atoms with Crippen LogP contribution < -0.4 is 4.90 Å². The van der Waals surface area contributed by atoms with E-state index in [9.17, 15) is 9.59 Å². The highest BCUT2D eigenvalue weighted by atomic mass is 16.5. The molecule has 0 aliphatic carbocycles. The van der Waals surface area contributed by atoms with Crippen LogP contribution in [0.3, 0.4) is 0 Å². The molecule has 0 atom stereocenters. The summed E-state index contributed by atoms with van der Waals surface area (Å²) in [5.41, 5.74) is 0.337. The van der Waals surface area contributed by atoms with E-state index in [-0.39, 0.29) is 5.92 Å². The number of nitrogens with zero attached hydrogens (tertiary/aromatic N) is 3. The highest BCUT2D eigenvalue weighted by Gasteiger charge is 2.20. The molecule has 18 heavy (non-hydrogen) atoms. The number of esters is 1. The summed E-state index contributed by atoms with van der Waals surface area (Å²) < 4.78 is 4.58. The van der Waals surface area contributed by atoms with Crippen LogP contribution in [0, 0.1) is 5.92 Å². The van der Waals surface area contributed by atoms with Crippen molar-refractivity contribution in [3.8, 4) is 0 Å². The molecule has 6 heteroatoms. The van der Waals surface area contributed by atoms with Gasteiger partial charge in [-0.1, -0.05) is 0 Å². The predicted octanol–water partition coefficient (Wildman–Crippen LogP) is 0.678. The molecule has 1 aromatic rings. The van der Waals surface area contributed by atoms with E-state index in [0.29, 0.717) is 11.5 Å². The second-order valence-electron chi connectivity index (χ2n) is 4.22. The lowest BCUT2D eigenvalue weighted by Crippen LogP contribution is -2.35. The van der Waals surface area contributed by atoms with Gasteiger partial charge >= 0.3 is 5.97 Å². The van der Waals surface area contributed by atoms with Crippen molar-refractivity contribution in [2.24, 2.45) is 5.92 Å². The molecule has 0 spiro atoms. The quantitative estimate of drug-likeness (QED) is 0.579. The molecule has 0 radical (unpaired) electrons. The summed E-state index contributed by atoms with van der Waals surface area (Å²) >= 11 is 0. The number of methoxy groups -OCH3 is 1. The van der Waals surface area contributed by atoms with Crippen LogP contribution in [0.15, 0.2) is 12.4 Å². The highest BCUT2D eigenvalue weighted by molar-refractivity contribution is 5.88. The summed E-state index contributed by atoms with van der Waals surface area (Å²) in [6, 6.07) is 0. The van der Waals surface area contributed by atoms with E-state index < -0.39 is 5.97 Å². The third-order valence-corrected chi connectivity index (χ3v) is 3.07. The SMILES string of the molecule is COC(=O)c1cnc(N2CCC(C=O)CC2)nc1. The minimum atomic E-state index is -0.443. The maximum absolute atomic E-state index is 11.2. The van der Waals surface area contributed by atoms with E-state index in [4.69, 9.17) is 0 Å². The van der Waals surface area contributed by atoms with Crippen molar-refractivity contribution in [1.82, 2.24) is 9.97 Å². The third kappa shape index (κ3) is 2.64. The van der Waals surface area contributed by atoms with Crippen LogP contribution in [-0.2, 0) is 9.53 Å². The van der Waals surface area contributed by atoms with Crippen LogP contribution in [0.5, 0.6) is 0 Å². The number of carbonyl (C=O) groups is 2. The van der Waals surface area contributed by atoms with Crippen molar-refractivity contribution in [2.45, 2.75) is 12.8 Å². The zero-order valence-corrected chi connectivity index (χ0v) is 10.2. The second-order valence-corrected chi connectivity index (χ2v) is 4.22. The smallest absolute Gasteiger partial charge is 0.341 e. The fourth-order valence-electron chi connectivity index (χ4n) is 1.94. The Morgan fingerprint density at radius 1 is 1.39 bits per heavy atom. The van der Waals surface area contributed by atoms with Crippen LogP contribution in [0.4, 0.5) is 5.95 Å². The van der Waals surface area contributed by atoms with Gasteiger partial charge in [0.15, 0.2) is 0 Å². The molecule has 2 rings (SSSR count). The lowest BCUT2D eigenvalue weighted by atomic mass is 9.99. The fraction of sp³-hybridized carbons (Fsp3) is 0.500. The van der Waals surface area contributed by atoms with E-state index in [1.807, 2.05) is 4.90 Å². The van der Waals surface area contributed by atoms with Gasteiger partial charge in [-0.2, -0.15) is 0 Å². The maximum atomic E-state index is 11.2. The number of aldehydes is 1. The Morgan fingerprint density at radius 2 is 2.00 bits per heavy atom. The zero-order chi connectivity index (χ0) is 13.0. The minimum absolute atomic E-state index is 0.149. The second kappa shape index (κ2) is 5.57. The molecule has 1 aromatic heterocycles. The summed E-state index contributed by atoms with van der Waals surface area (Å²) in [7, 11) is 1.32. The molecule has 1 fully saturated rings. The van der Waals surface area contributed by atoms with Gasteiger partial charge in [-0.15, -0.1) is 0 Å². The topological polar surface area (TPSA) is 72.4 Å². The van der Waals surface area contributed by atoms with Crippen molar-refractivity contribution in [3.05, 3.63) is 18.0 Å². The minimum Gasteiger partial charge on any atom is -0.465 e. The number of hydrogen-bond acceptors (Lipinski definition) is 6. The Morgan fingerprint density at radius 3 is 2.50 bits per heavy atom. The maximum Gasteiger partial charge on any atom is 0.341 e. The molecule has 0 amide bonds. The molecular weight excluding hydrogens is 234 g/mol. The third-order valence-electron chi connectivity index (χ3n) is 3.07. The van der Waals surface area contributed by atoms with E-state index in [1.54, 1.807) is 0 Å². The van der Waals surface area contributed by atoms with E-state index >= 15 is 0 Å². The molecule has 2 heterocycles. The van der Waals surface area contributed by atoms with Gasteiger partial charge in [-0.3, -0.25) is 0 Å². The lowest BCUT2D eigenvalue weighted by molar-refractivity contribution is -0.111. The molecule has 1 saturated heterocycles. The van der Waals surface area contributed by atoms with Crippen molar-refractivity contribution in [2.75, 3.05) is 25.1 Å². The van der Waals surface area contributed by atoms with Crippen molar-refractivity contribution in [3.63, 3.8) is 0 Å². The number of anilines is 1. The number of rotatable bonds is 3. The standard InChI is InChI=1S/C12H15N3O3/c1-18-11(17)10-6-13-12(14-7-10)15-4-2-9(8-16)3-5-15/h6-9H,2-5H2,1H3. The van der Waals surface area contributed by atoms with Crippen LogP contribution in [0.1, 0.15) is 23.2 Å². The summed E-state index contributed by atoms with van der Waals surface area (Å²) in [4.78, 5) is 32.2. The first kappa shape index (κ1) is 12.5. The van der Waals surface area contributed by atoms with Gasteiger partial charge in [0.05, 0.1) is 12.7 Å². The van der Waals surface area contributed by atoms with Crippen molar-refractivity contribution < 1.29 is 14.3 Å². The number of piperidine rings is 1. The van der Waals surface area contributed by atoms with Gasteiger partial charge in [0.25, 0.3) is 0 Å². The van der Waals surface area contributed by atoms with Crippen LogP contribution in [0.25, 0.3) is 0 Å². The largest absolute Gasteiger partial charge is 0.465 e. The lowest BCUT2D eigenvalue weighted by Gasteiger charge is -2.29. The molecule has 0 saturated carbocycles. The molecule has 0 unspecified atom stereocenters. The van der Waals surface area contributed by atoms with Crippen LogP contribution in [-0.4, -0.2) is 42.4 Å². The number of ether oxygens (including phenoxy) is 1. The summed E-state index contributed by atoms with van der Waals surface area (Å²) in [5.74, 6) is 0.295. The van der Waals surface area contributed by atoms with Gasteiger partial charge < -0.3 is 14.4 Å². The molecular formula is C12H15N3O3. The van der Waals surface area contributed by atoms with E-state index in [2.05, 4.69) is 14.7 Å². The Labute approximate surface area is 105 Å². The average Bonchev–Trinajstić information content (AvgIpc) is 2.47. The molecule has 1 aliphatic rings. The molecule has 96 valence electrons. The Hall–Kier alpha value is -1.98. The van der Waals surface area contributed by atoms with Crippen LogP contribution in [0.2, 0.25) is 0 Å². The zero-order valence-electron chi connectivity index (χ0n) is 10.2. The normalized spacial score (nSPS) is 16.4. The molecule has 0 bridgehead atoms. The van der Waals surface area contributed by atoms with Gasteiger partial charge in [-0.25, -0.2) is 14.8 Å². The van der Waals surface area contributed by atoms with Gasteiger partial charge in [0.1, 0.15) is 6.29 Å². The monoisotopic (exact) mass is 249 g/mol. The summed E-state index contributed by atoms with van der Waals surface area (Å²) in [6.07, 6.45) is 5.58. The first-order valence-corrected chi connectivity index (χ1v) is 5.85. The van der Waals surface area contributed by atoms with Gasteiger partial charge in [0, 0.05) is 31.4 Å². The number of hydrogen-bond donors (Lipinski definition) is 0. The van der Waals surface area contributed by atoms with Crippen molar-refractivity contribution in [1.29, 1.82) is 0 Å². The Balaban J connectivity index is 2.02. The first-order valence-electron chi connectivity index (χ1n) is 5.85. The summed E-state index contributed by atoms with van der Waals surface area (Å²) in [5, 5.41) is 0. The van der Waals surface area contributed by atoms with Crippen molar-refractivity contribution >= 4 is 18.2 Å². The van der Waals surface area contributed by atoms with E-state index in [0.717, 1.165) is 32.2 Å².